The van der Waals surface area contributed by atoms with Gasteiger partial charge >= 0.3 is 5.97 Å². The zero-order chi connectivity index (χ0) is 17.2. The van der Waals surface area contributed by atoms with E-state index in [2.05, 4.69) is 32.9 Å². The van der Waals surface area contributed by atoms with Crippen LogP contribution in [-0.4, -0.2) is 12.6 Å². The van der Waals surface area contributed by atoms with Crippen molar-refractivity contribution in [3.63, 3.8) is 0 Å². The zero-order valence-electron chi connectivity index (χ0n) is 15.9. The fraction of sp³-hybridized carbons (Fsp3) is 0.857. The summed E-state index contributed by atoms with van der Waals surface area (Å²) >= 11 is 0. The lowest BCUT2D eigenvalue weighted by molar-refractivity contribution is -0.143. The normalized spacial score (nSPS) is 11.5. The van der Waals surface area contributed by atoms with Crippen LogP contribution in [0.5, 0.6) is 0 Å². The van der Waals surface area contributed by atoms with Gasteiger partial charge in [0.1, 0.15) is 0 Å². The first-order valence-corrected chi connectivity index (χ1v) is 9.97. The number of carbonyl (C=O) groups is 1. The van der Waals surface area contributed by atoms with E-state index >= 15 is 0 Å². The zero-order valence-corrected chi connectivity index (χ0v) is 15.9. The van der Waals surface area contributed by atoms with Gasteiger partial charge in [-0.15, -0.1) is 0 Å². The standard InChI is InChI=1S/C21H40O2/c1-4-5-6-7-8-9-10-11-12-13-14-18-21(22)23-19-16-15-17-20(2)3/h7-8,20H,4-6,9-19H2,1-3H3/b8-7-. The van der Waals surface area contributed by atoms with Crippen molar-refractivity contribution < 1.29 is 9.53 Å². The van der Waals surface area contributed by atoms with Crippen LogP contribution >= 0.6 is 0 Å². The fourth-order valence-corrected chi connectivity index (χ4v) is 2.53. The molecule has 0 heterocycles. The number of allylic oxidation sites excluding steroid dienone is 2. The molecule has 0 aliphatic rings. The molecular weight excluding hydrogens is 284 g/mol. The molecule has 136 valence electrons. The molecule has 0 saturated carbocycles. The number of carbonyl (C=O) groups excluding carboxylic acids is 1. The maximum absolute atomic E-state index is 11.6. The van der Waals surface area contributed by atoms with Crippen molar-refractivity contribution in [2.75, 3.05) is 6.61 Å². The second kappa shape index (κ2) is 17.6. The quantitative estimate of drug-likeness (QED) is 0.177. The van der Waals surface area contributed by atoms with Crippen LogP contribution in [0.3, 0.4) is 0 Å². The van der Waals surface area contributed by atoms with E-state index in [0.717, 1.165) is 31.6 Å². The molecule has 0 N–H and O–H groups in total. The van der Waals surface area contributed by atoms with E-state index in [9.17, 15) is 4.79 Å². The number of hydrogen-bond acceptors (Lipinski definition) is 2. The maximum atomic E-state index is 11.6. The molecule has 0 aromatic heterocycles. The van der Waals surface area contributed by atoms with Crippen molar-refractivity contribution in [3.8, 4) is 0 Å². The summed E-state index contributed by atoms with van der Waals surface area (Å²) in [6.07, 6.45) is 19.6. The van der Waals surface area contributed by atoms with Gasteiger partial charge in [0.05, 0.1) is 6.61 Å². The van der Waals surface area contributed by atoms with Gasteiger partial charge < -0.3 is 4.74 Å². The van der Waals surface area contributed by atoms with Crippen LogP contribution in [0.1, 0.15) is 104 Å². The van der Waals surface area contributed by atoms with Crippen molar-refractivity contribution >= 4 is 5.97 Å². The third-order valence-corrected chi connectivity index (χ3v) is 4.08. The molecule has 0 rings (SSSR count). The molecule has 0 radical (unpaired) electrons. The highest BCUT2D eigenvalue weighted by molar-refractivity contribution is 5.69. The SMILES string of the molecule is CCCC/C=C\CCCCCCCC(=O)OCCCCC(C)C. The lowest BCUT2D eigenvalue weighted by Gasteiger charge is -2.06. The summed E-state index contributed by atoms with van der Waals surface area (Å²) < 4.78 is 5.27. The highest BCUT2D eigenvalue weighted by Crippen LogP contribution is 2.10. The van der Waals surface area contributed by atoms with Crippen LogP contribution in [0.2, 0.25) is 0 Å². The van der Waals surface area contributed by atoms with Gasteiger partial charge in [0.15, 0.2) is 0 Å². The topological polar surface area (TPSA) is 26.3 Å². The Bertz CT molecular complexity index is 282. The van der Waals surface area contributed by atoms with E-state index in [1.807, 2.05) is 0 Å². The molecule has 0 aromatic rings. The first kappa shape index (κ1) is 22.2. The minimum absolute atomic E-state index is 0.00611. The van der Waals surface area contributed by atoms with Crippen molar-refractivity contribution in [3.05, 3.63) is 12.2 Å². The van der Waals surface area contributed by atoms with Crippen molar-refractivity contribution in [1.29, 1.82) is 0 Å². The molecule has 0 fully saturated rings. The molecular formula is C21H40O2. The molecule has 0 atom stereocenters. The van der Waals surface area contributed by atoms with Gasteiger partial charge in [0.2, 0.25) is 0 Å². The largest absolute Gasteiger partial charge is 0.466 e. The number of esters is 1. The second-order valence-corrected chi connectivity index (χ2v) is 7.03. The van der Waals surface area contributed by atoms with Crippen molar-refractivity contribution in [1.82, 2.24) is 0 Å². The Labute approximate surface area is 145 Å². The monoisotopic (exact) mass is 324 g/mol. The summed E-state index contributed by atoms with van der Waals surface area (Å²) in [4.78, 5) is 11.6. The highest BCUT2D eigenvalue weighted by Gasteiger charge is 2.02. The van der Waals surface area contributed by atoms with Crippen molar-refractivity contribution in [2.24, 2.45) is 5.92 Å². The Balaban J connectivity index is 3.22. The summed E-state index contributed by atoms with van der Waals surface area (Å²) in [7, 11) is 0. The molecule has 0 amide bonds. The molecule has 2 nitrogen and oxygen atoms in total. The molecule has 0 aliphatic carbocycles. The van der Waals surface area contributed by atoms with Crippen LogP contribution in [-0.2, 0) is 9.53 Å². The highest BCUT2D eigenvalue weighted by atomic mass is 16.5. The molecule has 0 spiro atoms. The average molecular weight is 325 g/mol. The number of rotatable bonds is 16. The molecule has 0 unspecified atom stereocenters. The minimum atomic E-state index is -0.00611. The predicted molar refractivity (Wildman–Crippen MR) is 101 cm³/mol. The van der Waals surface area contributed by atoms with Crippen LogP contribution in [0.4, 0.5) is 0 Å². The Morgan fingerprint density at radius 1 is 0.870 bits per heavy atom. The third kappa shape index (κ3) is 19.2. The van der Waals surface area contributed by atoms with E-state index in [1.54, 1.807) is 0 Å². The predicted octanol–water partition coefficient (Wildman–Crippen LogP) is 6.83. The molecule has 0 aliphatic heterocycles. The molecule has 0 aromatic carbocycles. The van der Waals surface area contributed by atoms with Gasteiger partial charge in [-0.1, -0.05) is 71.4 Å². The number of unbranched alkanes of at least 4 members (excludes halogenated alkanes) is 8. The summed E-state index contributed by atoms with van der Waals surface area (Å²) in [5.74, 6) is 0.742. The first-order chi connectivity index (χ1) is 11.2. The fourth-order valence-electron chi connectivity index (χ4n) is 2.53. The number of ether oxygens (including phenoxy) is 1. The summed E-state index contributed by atoms with van der Waals surface area (Å²) in [6.45, 7) is 7.30. The van der Waals surface area contributed by atoms with Gasteiger partial charge in [0.25, 0.3) is 0 Å². The van der Waals surface area contributed by atoms with Gasteiger partial charge in [-0.05, 0) is 44.4 Å². The Hall–Kier alpha value is -0.790. The average Bonchev–Trinajstić information content (AvgIpc) is 2.52. The van der Waals surface area contributed by atoms with Crippen LogP contribution in [0.15, 0.2) is 12.2 Å². The van der Waals surface area contributed by atoms with E-state index < -0.39 is 0 Å². The van der Waals surface area contributed by atoms with Gasteiger partial charge in [0, 0.05) is 6.42 Å². The van der Waals surface area contributed by atoms with Gasteiger partial charge in [-0.25, -0.2) is 0 Å². The minimum Gasteiger partial charge on any atom is -0.466 e. The molecule has 23 heavy (non-hydrogen) atoms. The Morgan fingerprint density at radius 2 is 1.52 bits per heavy atom. The van der Waals surface area contributed by atoms with Crippen LogP contribution in [0, 0.1) is 5.92 Å². The second-order valence-electron chi connectivity index (χ2n) is 7.03. The summed E-state index contributed by atoms with van der Waals surface area (Å²) in [5.41, 5.74) is 0. The van der Waals surface area contributed by atoms with Gasteiger partial charge in [-0.3, -0.25) is 4.79 Å². The van der Waals surface area contributed by atoms with Gasteiger partial charge in [-0.2, -0.15) is 0 Å². The third-order valence-electron chi connectivity index (χ3n) is 4.08. The smallest absolute Gasteiger partial charge is 0.305 e. The van der Waals surface area contributed by atoms with Crippen molar-refractivity contribution in [2.45, 2.75) is 104 Å². The first-order valence-electron chi connectivity index (χ1n) is 9.97. The van der Waals surface area contributed by atoms with E-state index in [-0.39, 0.29) is 5.97 Å². The van der Waals surface area contributed by atoms with Crippen LogP contribution < -0.4 is 0 Å². The maximum Gasteiger partial charge on any atom is 0.305 e. The lowest BCUT2D eigenvalue weighted by Crippen LogP contribution is -2.05. The Morgan fingerprint density at radius 3 is 2.22 bits per heavy atom. The summed E-state index contributed by atoms with van der Waals surface area (Å²) in [6, 6.07) is 0. The van der Waals surface area contributed by atoms with E-state index in [1.165, 1.54) is 51.4 Å². The molecule has 0 saturated heterocycles. The lowest BCUT2D eigenvalue weighted by atomic mass is 10.1. The molecule has 0 bridgehead atoms. The van der Waals surface area contributed by atoms with E-state index in [4.69, 9.17) is 4.74 Å². The molecule has 2 heteroatoms. The van der Waals surface area contributed by atoms with Crippen LogP contribution in [0.25, 0.3) is 0 Å². The Kier molecular flexibility index (Phi) is 17.0. The van der Waals surface area contributed by atoms with E-state index in [0.29, 0.717) is 13.0 Å². The summed E-state index contributed by atoms with van der Waals surface area (Å²) in [5, 5.41) is 0. The number of hydrogen-bond donors (Lipinski definition) is 0.